The molecular weight excluding hydrogens is 242 g/mol. The summed E-state index contributed by atoms with van der Waals surface area (Å²) < 4.78 is 5.62. The molecule has 0 bridgehead atoms. The number of aromatic nitrogens is 4. The summed E-state index contributed by atoms with van der Waals surface area (Å²) in [6, 6.07) is 10.2. The van der Waals surface area contributed by atoms with Crippen LogP contribution in [0.25, 0.3) is 0 Å². The topological polar surface area (TPSA) is 64.9 Å². The minimum atomic E-state index is -0.0463. The van der Waals surface area contributed by atoms with Crippen LogP contribution in [0.2, 0.25) is 0 Å². The van der Waals surface area contributed by atoms with Gasteiger partial charge in [0.1, 0.15) is 0 Å². The largest absolute Gasteiger partial charge is 0.375 e. The van der Waals surface area contributed by atoms with Crippen LogP contribution < -0.4 is 5.32 Å². The molecule has 0 aliphatic carbocycles. The lowest BCUT2D eigenvalue weighted by Gasteiger charge is -2.25. The van der Waals surface area contributed by atoms with Gasteiger partial charge in [0.15, 0.2) is 5.82 Å². The number of methoxy groups -OCH3 is 1. The summed E-state index contributed by atoms with van der Waals surface area (Å²) in [7, 11) is 5.39. The Morgan fingerprint density at radius 3 is 2.58 bits per heavy atom. The number of nitrogens with zero attached hydrogens (tertiary/aromatic N) is 4. The molecule has 2 aromatic rings. The van der Waals surface area contributed by atoms with E-state index in [0.29, 0.717) is 12.2 Å². The third-order valence-electron chi connectivity index (χ3n) is 3.07. The van der Waals surface area contributed by atoms with E-state index < -0.39 is 0 Å². The third-order valence-corrected chi connectivity index (χ3v) is 3.07. The molecule has 19 heavy (non-hydrogen) atoms. The van der Waals surface area contributed by atoms with Crippen molar-refractivity contribution in [2.24, 2.45) is 7.05 Å². The van der Waals surface area contributed by atoms with Crippen molar-refractivity contribution in [2.75, 3.05) is 14.2 Å². The molecule has 6 nitrogen and oxygen atoms in total. The van der Waals surface area contributed by atoms with E-state index in [-0.39, 0.29) is 12.1 Å². The molecule has 0 fully saturated rings. The van der Waals surface area contributed by atoms with Gasteiger partial charge in [-0.25, -0.2) is 0 Å². The van der Waals surface area contributed by atoms with Gasteiger partial charge in [-0.3, -0.25) is 0 Å². The molecule has 0 saturated carbocycles. The van der Waals surface area contributed by atoms with E-state index in [0.717, 1.165) is 5.56 Å². The van der Waals surface area contributed by atoms with Crippen LogP contribution in [0.1, 0.15) is 17.5 Å². The predicted molar refractivity (Wildman–Crippen MR) is 71.5 cm³/mol. The van der Waals surface area contributed by atoms with Gasteiger partial charge >= 0.3 is 0 Å². The number of nitrogens with one attached hydrogen (secondary N) is 1. The van der Waals surface area contributed by atoms with E-state index in [4.69, 9.17) is 4.74 Å². The van der Waals surface area contributed by atoms with Gasteiger partial charge in [-0.15, -0.1) is 10.2 Å². The van der Waals surface area contributed by atoms with Gasteiger partial charge in [0.25, 0.3) is 0 Å². The van der Waals surface area contributed by atoms with Crippen LogP contribution in [0.4, 0.5) is 0 Å². The standard InChI is InChI=1S/C13H19N5O/c1-14-11(9-12-15-17-18(2)16-12)13(19-3)10-7-5-4-6-8-10/h4-8,11,13-14H,9H2,1-3H3. The van der Waals surface area contributed by atoms with Crippen molar-refractivity contribution in [1.82, 2.24) is 25.5 Å². The van der Waals surface area contributed by atoms with Crippen LogP contribution in [0.5, 0.6) is 0 Å². The van der Waals surface area contributed by atoms with Crippen molar-refractivity contribution in [3.8, 4) is 0 Å². The summed E-state index contributed by atoms with van der Waals surface area (Å²) in [4.78, 5) is 1.46. The molecule has 2 atom stereocenters. The van der Waals surface area contributed by atoms with Gasteiger partial charge in [-0.05, 0) is 17.8 Å². The number of aryl methyl sites for hydroxylation is 1. The molecule has 1 aromatic heterocycles. The second-order valence-electron chi connectivity index (χ2n) is 4.36. The van der Waals surface area contributed by atoms with Gasteiger partial charge in [0.2, 0.25) is 0 Å². The molecule has 0 amide bonds. The smallest absolute Gasteiger partial charge is 0.176 e. The Kier molecular flexibility index (Phi) is 4.59. The van der Waals surface area contributed by atoms with Crippen molar-refractivity contribution >= 4 is 0 Å². The summed E-state index contributed by atoms with van der Waals surface area (Å²) in [6.45, 7) is 0. The zero-order valence-corrected chi connectivity index (χ0v) is 11.4. The van der Waals surface area contributed by atoms with Crippen molar-refractivity contribution in [2.45, 2.75) is 18.6 Å². The van der Waals surface area contributed by atoms with Crippen LogP contribution >= 0.6 is 0 Å². The van der Waals surface area contributed by atoms with Gasteiger partial charge in [-0.2, -0.15) is 4.80 Å². The van der Waals surface area contributed by atoms with E-state index in [2.05, 4.69) is 32.9 Å². The highest BCUT2D eigenvalue weighted by Gasteiger charge is 2.23. The third kappa shape index (κ3) is 3.36. The lowest BCUT2D eigenvalue weighted by Crippen LogP contribution is -2.35. The van der Waals surface area contributed by atoms with Gasteiger partial charge in [0.05, 0.1) is 13.2 Å². The molecule has 0 aliphatic rings. The zero-order chi connectivity index (χ0) is 13.7. The molecule has 1 aromatic carbocycles. The van der Waals surface area contributed by atoms with Crippen LogP contribution in [0, 0.1) is 0 Å². The van der Waals surface area contributed by atoms with Gasteiger partial charge in [-0.1, -0.05) is 30.3 Å². The van der Waals surface area contributed by atoms with E-state index in [1.165, 1.54) is 4.80 Å². The summed E-state index contributed by atoms with van der Waals surface area (Å²) >= 11 is 0. The highest BCUT2D eigenvalue weighted by molar-refractivity contribution is 5.19. The SMILES string of the molecule is CNC(Cc1nnn(C)n1)C(OC)c1ccccc1. The molecule has 1 N–H and O–H groups in total. The van der Waals surface area contributed by atoms with Crippen LogP contribution in [-0.4, -0.2) is 40.4 Å². The first-order valence-corrected chi connectivity index (χ1v) is 6.22. The lowest BCUT2D eigenvalue weighted by molar-refractivity contribution is 0.0697. The molecule has 0 spiro atoms. The monoisotopic (exact) mass is 261 g/mol. The van der Waals surface area contributed by atoms with E-state index in [9.17, 15) is 0 Å². The fourth-order valence-corrected chi connectivity index (χ4v) is 2.14. The molecule has 1 heterocycles. The normalized spacial score (nSPS) is 14.3. The first kappa shape index (κ1) is 13.6. The number of tetrazole rings is 1. The number of likely N-dealkylation sites (N-methyl/N-ethyl adjacent to an activating group) is 1. The Hall–Kier alpha value is -1.79. The molecule has 0 saturated heterocycles. The van der Waals surface area contributed by atoms with Crippen molar-refractivity contribution in [1.29, 1.82) is 0 Å². The van der Waals surface area contributed by atoms with E-state index in [1.54, 1.807) is 14.2 Å². The summed E-state index contributed by atoms with van der Waals surface area (Å²) in [6.07, 6.45) is 0.618. The highest BCUT2D eigenvalue weighted by Crippen LogP contribution is 2.21. The average molecular weight is 261 g/mol. The second-order valence-corrected chi connectivity index (χ2v) is 4.36. The number of ether oxygens (including phenoxy) is 1. The number of benzene rings is 1. The molecule has 0 aliphatic heterocycles. The summed E-state index contributed by atoms with van der Waals surface area (Å²) in [5, 5.41) is 15.3. The lowest BCUT2D eigenvalue weighted by atomic mass is 9.99. The van der Waals surface area contributed by atoms with Crippen LogP contribution in [-0.2, 0) is 18.2 Å². The second kappa shape index (κ2) is 6.40. The molecule has 2 unspecified atom stereocenters. The maximum atomic E-state index is 5.62. The molecule has 0 radical (unpaired) electrons. The fraction of sp³-hybridized carbons (Fsp3) is 0.462. The Morgan fingerprint density at radius 1 is 1.32 bits per heavy atom. The van der Waals surface area contributed by atoms with Crippen LogP contribution in [0.15, 0.2) is 30.3 Å². The molecule has 102 valence electrons. The average Bonchev–Trinajstić information content (AvgIpc) is 2.85. The molecule has 6 heteroatoms. The van der Waals surface area contributed by atoms with Gasteiger partial charge < -0.3 is 10.1 Å². The highest BCUT2D eigenvalue weighted by atomic mass is 16.5. The Bertz CT molecular complexity index is 499. The van der Waals surface area contributed by atoms with Gasteiger partial charge in [0, 0.05) is 19.6 Å². The zero-order valence-electron chi connectivity index (χ0n) is 11.4. The maximum Gasteiger partial charge on any atom is 0.176 e. The quantitative estimate of drug-likeness (QED) is 0.830. The number of hydrogen-bond donors (Lipinski definition) is 1. The summed E-state index contributed by atoms with van der Waals surface area (Å²) in [5.41, 5.74) is 1.13. The Balaban J connectivity index is 2.15. The molecule has 2 rings (SSSR count). The minimum absolute atomic E-state index is 0.0463. The maximum absolute atomic E-state index is 5.62. The first-order valence-electron chi connectivity index (χ1n) is 6.22. The fourth-order valence-electron chi connectivity index (χ4n) is 2.14. The number of hydrogen-bond acceptors (Lipinski definition) is 5. The minimum Gasteiger partial charge on any atom is -0.375 e. The van der Waals surface area contributed by atoms with Crippen molar-refractivity contribution < 1.29 is 4.74 Å². The van der Waals surface area contributed by atoms with Crippen molar-refractivity contribution in [3.63, 3.8) is 0 Å². The number of rotatable bonds is 6. The van der Waals surface area contributed by atoms with Crippen molar-refractivity contribution in [3.05, 3.63) is 41.7 Å². The van der Waals surface area contributed by atoms with Crippen LogP contribution in [0.3, 0.4) is 0 Å². The first-order chi connectivity index (χ1) is 9.24. The Morgan fingerprint density at radius 2 is 2.05 bits per heavy atom. The van der Waals surface area contributed by atoms with E-state index >= 15 is 0 Å². The summed E-state index contributed by atoms with van der Waals surface area (Å²) in [5.74, 6) is 0.708. The van der Waals surface area contributed by atoms with E-state index in [1.807, 2.05) is 25.2 Å². The predicted octanol–water partition coefficient (Wildman–Crippen LogP) is 0.728. The molecular formula is C13H19N5O. The Labute approximate surface area is 112 Å².